The predicted molar refractivity (Wildman–Crippen MR) is 111 cm³/mol. The van der Waals surface area contributed by atoms with E-state index in [2.05, 4.69) is 20.8 Å². The first-order valence-electron chi connectivity index (χ1n) is 12.0. The van der Waals surface area contributed by atoms with Crippen molar-refractivity contribution in [3.05, 3.63) is 0 Å². The zero-order valence-electron chi connectivity index (χ0n) is 18.4. The van der Waals surface area contributed by atoms with Crippen molar-refractivity contribution in [1.82, 2.24) is 0 Å². The molecule has 162 valence electrons. The minimum atomic E-state index is -0.701. The van der Waals surface area contributed by atoms with Crippen LogP contribution in [0.1, 0.15) is 91.4 Å². The molecule has 4 fully saturated rings. The van der Waals surface area contributed by atoms with Crippen molar-refractivity contribution in [1.29, 1.82) is 0 Å². The number of hydrogen-bond donors (Lipinski definition) is 1. The van der Waals surface area contributed by atoms with E-state index < -0.39 is 5.97 Å². The molecule has 4 rings (SSSR count). The molecule has 4 aliphatic carbocycles. The number of ketones is 2. The molecule has 0 aromatic rings. The predicted octanol–water partition coefficient (Wildman–Crippen LogP) is 5.28. The third kappa shape index (κ3) is 3.20. The molecule has 4 aliphatic rings. The van der Waals surface area contributed by atoms with Crippen LogP contribution in [-0.2, 0) is 14.4 Å². The van der Waals surface area contributed by atoms with Gasteiger partial charge in [-0.1, -0.05) is 20.8 Å². The highest BCUT2D eigenvalue weighted by atomic mass is 16.4. The first-order valence-corrected chi connectivity index (χ1v) is 12.0. The van der Waals surface area contributed by atoms with Gasteiger partial charge in [0, 0.05) is 31.1 Å². The molecule has 0 bridgehead atoms. The van der Waals surface area contributed by atoms with Crippen LogP contribution in [-0.4, -0.2) is 22.6 Å². The lowest BCUT2D eigenvalue weighted by molar-refractivity contribution is -0.169. The molecule has 0 saturated heterocycles. The molecular formula is C25H38O4. The Morgan fingerprint density at radius 3 is 2.45 bits per heavy atom. The highest BCUT2D eigenvalue weighted by molar-refractivity contribution is 5.88. The van der Waals surface area contributed by atoms with E-state index in [4.69, 9.17) is 5.11 Å². The van der Waals surface area contributed by atoms with Crippen LogP contribution in [0.2, 0.25) is 0 Å². The van der Waals surface area contributed by atoms with Gasteiger partial charge in [-0.05, 0) is 85.9 Å². The number of carbonyl (C=O) groups is 3. The molecule has 0 aromatic carbocycles. The molecule has 0 amide bonds. The van der Waals surface area contributed by atoms with E-state index in [0.717, 1.165) is 51.4 Å². The Morgan fingerprint density at radius 1 is 1.03 bits per heavy atom. The number of carboxylic acid groups (broad SMARTS) is 1. The smallest absolute Gasteiger partial charge is 0.303 e. The SMILES string of the molecule is CC[C@H]1C(=O)C2C3CCC(CCCC(=O)O)[C@@]3(C)CCC2[C@@]2(C)CCC(=O)C[C@@H]12. The molecule has 8 atom stereocenters. The molecule has 0 heterocycles. The van der Waals surface area contributed by atoms with E-state index in [1.807, 2.05) is 0 Å². The van der Waals surface area contributed by atoms with Gasteiger partial charge in [-0.2, -0.15) is 0 Å². The van der Waals surface area contributed by atoms with Gasteiger partial charge in [0.05, 0.1) is 0 Å². The summed E-state index contributed by atoms with van der Waals surface area (Å²) in [5.74, 6) is 2.04. The van der Waals surface area contributed by atoms with E-state index >= 15 is 0 Å². The summed E-state index contributed by atoms with van der Waals surface area (Å²) in [6.45, 7) is 6.94. The Kier molecular flexibility index (Phi) is 5.44. The second kappa shape index (κ2) is 7.50. The van der Waals surface area contributed by atoms with Crippen LogP contribution < -0.4 is 0 Å². The monoisotopic (exact) mass is 402 g/mol. The van der Waals surface area contributed by atoms with Crippen molar-refractivity contribution in [3.63, 3.8) is 0 Å². The Hall–Kier alpha value is -1.19. The quantitative estimate of drug-likeness (QED) is 0.679. The van der Waals surface area contributed by atoms with Crippen LogP contribution in [0.3, 0.4) is 0 Å². The van der Waals surface area contributed by atoms with Gasteiger partial charge in [-0.25, -0.2) is 0 Å². The van der Waals surface area contributed by atoms with Crippen molar-refractivity contribution in [2.75, 3.05) is 0 Å². The summed E-state index contributed by atoms with van der Waals surface area (Å²) >= 11 is 0. The first-order chi connectivity index (χ1) is 13.7. The number of rotatable bonds is 5. The molecule has 4 heteroatoms. The minimum Gasteiger partial charge on any atom is -0.481 e. The maximum atomic E-state index is 13.8. The van der Waals surface area contributed by atoms with E-state index in [9.17, 15) is 14.4 Å². The minimum absolute atomic E-state index is 0.0545. The molecule has 0 spiro atoms. The number of fused-ring (bicyclic) bond motifs is 5. The van der Waals surface area contributed by atoms with Gasteiger partial charge in [0.1, 0.15) is 11.6 Å². The molecule has 29 heavy (non-hydrogen) atoms. The molecule has 1 N–H and O–H groups in total. The number of aliphatic carboxylic acids is 1. The zero-order chi connectivity index (χ0) is 21.0. The molecule has 4 saturated carbocycles. The van der Waals surface area contributed by atoms with Gasteiger partial charge >= 0.3 is 5.97 Å². The van der Waals surface area contributed by atoms with Crippen molar-refractivity contribution < 1.29 is 19.5 Å². The summed E-state index contributed by atoms with van der Waals surface area (Å²) in [5, 5.41) is 9.02. The maximum absolute atomic E-state index is 13.8. The summed E-state index contributed by atoms with van der Waals surface area (Å²) in [4.78, 5) is 37.0. The van der Waals surface area contributed by atoms with E-state index in [-0.39, 0.29) is 35.0 Å². The van der Waals surface area contributed by atoms with Gasteiger partial charge in [0.15, 0.2) is 0 Å². The van der Waals surface area contributed by atoms with Crippen LogP contribution in [0.15, 0.2) is 0 Å². The lowest BCUT2D eigenvalue weighted by Gasteiger charge is -2.61. The van der Waals surface area contributed by atoms with Crippen LogP contribution in [0.25, 0.3) is 0 Å². The summed E-state index contributed by atoms with van der Waals surface area (Å²) in [6, 6.07) is 0. The number of carbonyl (C=O) groups excluding carboxylic acids is 2. The number of hydrogen-bond acceptors (Lipinski definition) is 3. The second-order valence-corrected chi connectivity index (χ2v) is 11.1. The third-order valence-corrected chi connectivity index (χ3v) is 10.1. The molecule has 0 aromatic heterocycles. The average molecular weight is 403 g/mol. The van der Waals surface area contributed by atoms with Crippen molar-refractivity contribution >= 4 is 17.5 Å². The maximum Gasteiger partial charge on any atom is 0.303 e. The fraction of sp³-hybridized carbons (Fsp3) is 0.880. The van der Waals surface area contributed by atoms with Gasteiger partial charge in [0.25, 0.3) is 0 Å². The van der Waals surface area contributed by atoms with Gasteiger partial charge in [0.2, 0.25) is 0 Å². The highest BCUT2D eigenvalue weighted by Crippen LogP contribution is 2.68. The first kappa shape index (κ1) is 21.1. The Labute approximate surface area is 175 Å². The fourth-order valence-electron chi connectivity index (χ4n) is 8.53. The molecular weight excluding hydrogens is 364 g/mol. The van der Waals surface area contributed by atoms with E-state index in [1.165, 1.54) is 0 Å². The standard InChI is InChI=1S/C25H38O4/c1-4-17-20-14-16(26)10-12-25(20,3)19-11-13-24(2)15(6-5-7-21(27)28)8-9-18(24)22(19)23(17)29/h15,17-20,22H,4-14H2,1-3H3,(H,27,28)/t15?,17-,18?,19?,20+,22?,24-,25-/m1/s1. The lowest BCUT2D eigenvalue weighted by atomic mass is 9.42. The molecule has 0 aliphatic heterocycles. The normalized spacial score (nSPS) is 46.7. The van der Waals surface area contributed by atoms with Crippen LogP contribution in [0.4, 0.5) is 0 Å². The van der Waals surface area contributed by atoms with Gasteiger partial charge < -0.3 is 5.11 Å². The van der Waals surface area contributed by atoms with E-state index in [1.54, 1.807) is 0 Å². The molecule has 0 radical (unpaired) electrons. The largest absolute Gasteiger partial charge is 0.481 e. The Morgan fingerprint density at radius 2 is 1.76 bits per heavy atom. The Balaban J connectivity index is 1.61. The molecule has 4 nitrogen and oxygen atoms in total. The molecule has 4 unspecified atom stereocenters. The Bertz CT molecular complexity index is 699. The summed E-state index contributed by atoms with van der Waals surface area (Å²) in [6.07, 6.45) is 9.67. The number of Topliss-reactive ketones (excluding diaryl/α,β-unsaturated/α-hetero) is 2. The van der Waals surface area contributed by atoms with Crippen molar-refractivity contribution in [2.45, 2.75) is 91.4 Å². The van der Waals surface area contributed by atoms with Crippen molar-refractivity contribution in [3.8, 4) is 0 Å². The summed E-state index contributed by atoms with van der Waals surface area (Å²) in [5.41, 5.74) is 0.317. The van der Waals surface area contributed by atoms with Crippen LogP contribution >= 0.6 is 0 Å². The lowest BCUT2D eigenvalue weighted by Crippen LogP contribution is -2.60. The summed E-state index contributed by atoms with van der Waals surface area (Å²) < 4.78 is 0. The van der Waals surface area contributed by atoms with Gasteiger partial charge in [-0.15, -0.1) is 0 Å². The third-order valence-electron chi connectivity index (χ3n) is 10.1. The second-order valence-electron chi connectivity index (χ2n) is 11.1. The van der Waals surface area contributed by atoms with Crippen LogP contribution in [0.5, 0.6) is 0 Å². The van der Waals surface area contributed by atoms with Crippen LogP contribution in [0, 0.1) is 46.3 Å². The fourth-order valence-corrected chi connectivity index (χ4v) is 8.53. The zero-order valence-corrected chi connectivity index (χ0v) is 18.4. The van der Waals surface area contributed by atoms with Crippen molar-refractivity contribution in [2.24, 2.45) is 46.3 Å². The van der Waals surface area contributed by atoms with E-state index in [0.29, 0.717) is 42.2 Å². The number of carboxylic acids is 1. The topological polar surface area (TPSA) is 71.4 Å². The van der Waals surface area contributed by atoms with Gasteiger partial charge in [-0.3, -0.25) is 14.4 Å². The summed E-state index contributed by atoms with van der Waals surface area (Å²) in [7, 11) is 0. The highest BCUT2D eigenvalue weighted by Gasteiger charge is 2.64. The average Bonchev–Trinajstić information content (AvgIpc) is 3.00.